The van der Waals surface area contributed by atoms with E-state index in [9.17, 15) is 13.2 Å². The molecule has 0 radical (unpaired) electrons. The van der Waals surface area contributed by atoms with Crippen LogP contribution in [0.3, 0.4) is 0 Å². The lowest BCUT2D eigenvalue weighted by molar-refractivity contribution is -0.138. The fourth-order valence-electron chi connectivity index (χ4n) is 1.02. The maximum absolute atomic E-state index is 12.3. The molecule has 4 heteroatoms. The maximum atomic E-state index is 12.3. The first-order valence-corrected chi connectivity index (χ1v) is 3.71. The number of benzene rings is 1. The molecule has 1 aromatic carbocycles. The Balaban J connectivity index is 3.27. The van der Waals surface area contributed by atoms with Gasteiger partial charge in [-0.05, 0) is 18.2 Å². The van der Waals surface area contributed by atoms with Crippen LogP contribution in [0.1, 0.15) is 11.1 Å². The average molecular weight is 200 g/mol. The molecule has 14 heavy (non-hydrogen) atoms. The summed E-state index contributed by atoms with van der Waals surface area (Å²) >= 11 is 0. The largest absolute Gasteiger partial charge is 0.496 e. The first-order valence-electron chi connectivity index (χ1n) is 3.71. The molecular weight excluding hydrogens is 193 g/mol. The second-order valence-electron chi connectivity index (χ2n) is 2.56. The summed E-state index contributed by atoms with van der Waals surface area (Å²) in [7, 11) is 1.17. The Morgan fingerprint density at radius 1 is 1.36 bits per heavy atom. The van der Waals surface area contributed by atoms with Crippen LogP contribution in [0, 0.1) is 12.3 Å². The number of methoxy groups -OCH3 is 1. The van der Waals surface area contributed by atoms with E-state index in [1.165, 1.54) is 19.2 Å². The van der Waals surface area contributed by atoms with Gasteiger partial charge in [-0.25, -0.2) is 0 Å². The number of terminal acetylenes is 1. The smallest absolute Gasteiger partial charge is 0.419 e. The van der Waals surface area contributed by atoms with Crippen molar-refractivity contribution in [2.75, 3.05) is 7.11 Å². The molecule has 0 bridgehead atoms. The highest BCUT2D eigenvalue weighted by molar-refractivity contribution is 5.44. The fourth-order valence-corrected chi connectivity index (χ4v) is 1.02. The second-order valence-corrected chi connectivity index (χ2v) is 2.56. The summed E-state index contributed by atoms with van der Waals surface area (Å²) in [6.07, 6.45) is 0.628. The zero-order valence-corrected chi connectivity index (χ0v) is 7.35. The van der Waals surface area contributed by atoms with Crippen molar-refractivity contribution in [1.29, 1.82) is 0 Å². The minimum atomic E-state index is -4.42. The number of rotatable bonds is 1. The third-order valence-electron chi connectivity index (χ3n) is 1.67. The molecule has 0 saturated heterocycles. The minimum absolute atomic E-state index is 0.257. The van der Waals surface area contributed by atoms with Gasteiger partial charge in [-0.2, -0.15) is 13.2 Å². The molecule has 0 aliphatic rings. The first-order chi connectivity index (χ1) is 6.49. The Hall–Kier alpha value is -1.63. The van der Waals surface area contributed by atoms with Crippen LogP contribution in [0.5, 0.6) is 5.75 Å². The van der Waals surface area contributed by atoms with Gasteiger partial charge in [-0.1, -0.05) is 5.92 Å². The van der Waals surface area contributed by atoms with Crippen LogP contribution in [0.15, 0.2) is 18.2 Å². The van der Waals surface area contributed by atoms with Gasteiger partial charge < -0.3 is 4.74 Å². The van der Waals surface area contributed by atoms with Crippen LogP contribution in [0.4, 0.5) is 13.2 Å². The number of hydrogen-bond acceptors (Lipinski definition) is 1. The van der Waals surface area contributed by atoms with Crippen molar-refractivity contribution in [3.63, 3.8) is 0 Å². The van der Waals surface area contributed by atoms with Crippen molar-refractivity contribution in [1.82, 2.24) is 0 Å². The van der Waals surface area contributed by atoms with Crippen molar-refractivity contribution in [3.8, 4) is 18.1 Å². The summed E-state index contributed by atoms with van der Waals surface area (Å²) in [5.74, 6) is 1.98. The monoisotopic (exact) mass is 200 g/mol. The van der Waals surface area contributed by atoms with Crippen molar-refractivity contribution in [2.45, 2.75) is 6.18 Å². The van der Waals surface area contributed by atoms with Crippen LogP contribution in [-0.4, -0.2) is 7.11 Å². The third-order valence-corrected chi connectivity index (χ3v) is 1.67. The molecule has 0 N–H and O–H groups in total. The predicted octanol–water partition coefficient (Wildman–Crippen LogP) is 2.70. The van der Waals surface area contributed by atoms with Gasteiger partial charge in [-0.15, -0.1) is 6.42 Å². The van der Waals surface area contributed by atoms with Crippen molar-refractivity contribution in [2.24, 2.45) is 0 Å². The first kappa shape index (κ1) is 10.5. The summed E-state index contributed by atoms with van der Waals surface area (Å²) in [5, 5.41) is 0. The van der Waals surface area contributed by atoms with E-state index >= 15 is 0 Å². The van der Waals surface area contributed by atoms with E-state index in [-0.39, 0.29) is 5.75 Å². The maximum Gasteiger partial charge on any atom is 0.419 e. The SMILES string of the molecule is C#Cc1ccc(C(F)(F)F)c(OC)c1. The molecule has 1 aromatic rings. The molecule has 74 valence electrons. The van der Waals surface area contributed by atoms with Gasteiger partial charge in [0.1, 0.15) is 5.75 Å². The highest BCUT2D eigenvalue weighted by Gasteiger charge is 2.34. The molecule has 0 aromatic heterocycles. The lowest BCUT2D eigenvalue weighted by Crippen LogP contribution is -2.07. The molecule has 1 rings (SSSR count). The van der Waals surface area contributed by atoms with E-state index in [1.54, 1.807) is 0 Å². The zero-order valence-electron chi connectivity index (χ0n) is 7.35. The van der Waals surface area contributed by atoms with Crippen molar-refractivity contribution < 1.29 is 17.9 Å². The predicted molar refractivity (Wildman–Crippen MR) is 45.9 cm³/mol. The lowest BCUT2D eigenvalue weighted by Gasteiger charge is -2.11. The molecule has 0 aliphatic heterocycles. The zero-order chi connectivity index (χ0) is 10.8. The molecule has 0 amide bonds. The van der Waals surface area contributed by atoms with Crippen LogP contribution in [-0.2, 0) is 6.18 Å². The summed E-state index contributed by atoms with van der Waals surface area (Å²) in [4.78, 5) is 0. The minimum Gasteiger partial charge on any atom is -0.496 e. The van der Waals surface area contributed by atoms with E-state index in [4.69, 9.17) is 6.42 Å². The van der Waals surface area contributed by atoms with Crippen LogP contribution in [0.2, 0.25) is 0 Å². The van der Waals surface area contributed by atoms with Gasteiger partial charge in [0.05, 0.1) is 12.7 Å². The fraction of sp³-hybridized carbons (Fsp3) is 0.200. The number of hydrogen-bond donors (Lipinski definition) is 0. The van der Waals surface area contributed by atoms with Gasteiger partial charge in [-0.3, -0.25) is 0 Å². The van der Waals surface area contributed by atoms with Gasteiger partial charge in [0.15, 0.2) is 0 Å². The Bertz CT molecular complexity index is 374. The Morgan fingerprint density at radius 3 is 2.43 bits per heavy atom. The molecule has 0 saturated carbocycles. The van der Waals surface area contributed by atoms with E-state index < -0.39 is 11.7 Å². The molecule has 0 atom stereocenters. The molecular formula is C10H7F3O. The molecule has 0 fully saturated rings. The highest BCUT2D eigenvalue weighted by Crippen LogP contribution is 2.36. The number of alkyl halides is 3. The summed E-state index contributed by atoms with van der Waals surface area (Å²) in [5.41, 5.74) is -0.464. The number of ether oxygens (including phenoxy) is 1. The van der Waals surface area contributed by atoms with E-state index in [0.717, 1.165) is 6.07 Å². The lowest BCUT2D eigenvalue weighted by atomic mass is 10.1. The standard InChI is InChI=1S/C10H7F3O/c1-3-7-4-5-8(10(11,12)13)9(6-7)14-2/h1,4-6H,2H3. The third kappa shape index (κ3) is 1.99. The number of halogens is 3. The average Bonchev–Trinajstić information content (AvgIpc) is 2.15. The van der Waals surface area contributed by atoms with Crippen LogP contribution in [0.25, 0.3) is 0 Å². The normalized spacial score (nSPS) is 10.8. The van der Waals surface area contributed by atoms with Crippen molar-refractivity contribution in [3.05, 3.63) is 29.3 Å². The highest BCUT2D eigenvalue weighted by atomic mass is 19.4. The van der Waals surface area contributed by atoms with Crippen LogP contribution < -0.4 is 4.74 Å². The summed E-state index contributed by atoms with van der Waals surface area (Å²) in [6.45, 7) is 0. The second kappa shape index (κ2) is 3.62. The van der Waals surface area contributed by atoms with E-state index in [1.807, 2.05) is 0 Å². The Morgan fingerprint density at radius 2 is 2.00 bits per heavy atom. The van der Waals surface area contributed by atoms with Gasteiger partial charge in [0.2, 0.25) is 0 Å². The summed E-state index contributed by atoms with van der Waals surface area (Å²) < 4.78 is 41.6. The Kier molecular flexibility index (Phi) is 2.70. The van der Waals surface area contributed by atoms with E-state index in [0.29, 0.717) is 5.56 Å². The molecule has 1 nitrogen and oxygen atoms in total. The van der Waals surface area contributed by atoms with Gasteiger partial charge in [0.25, 0.3) is 0 Å². The molecule has 0 spiro atoms. The van der Waals surface area contributed by atoms with Gasteiger partial charge >= 0.3 is 6.18 Å². The van der Waals surface area contributed by atoms with Gasteiger partial charge in [0, 0.05) is 5.56 Å². The molecule has 0 heterocycles. The van der Waals surface area contributed by atoms with Crippen LogP contribution >= 0.6 is 0 Å². The topological polar surface area (TPSA) is 9.23 Å². The Labute approximate surface area is 79.5 Å². The summed E-state index contributed by atoms with van der Waals surface area (Å²) in [6, 6.07) is 3.32. The van der Waals surface area contributed by atoms with E-state index in [2.05, 4.69) is 10.7 Å². The molecule has 0 aliphatic carbocycles. The quantitative estimate of drug-likeness (QED) is 0.633. The van der Waals surface area contributed by atoms with Crippen molar-refractivity contribution >= 4 is 0 Å². The molecule has 0 unspecified atom stereocenters.